The van der Waals surface area contributed by atoms with Crippen molar-refractivity contribution in [1.82, 2.24) is 0 Å². The maximum Gasteiger partial charge on any atom is 0.160 e. The van der Waals surface area contributed by atoms with Gasteiger partial charge in [-0.25, -0.2) is 8.78 Å². The van der Waals surface area contributed by atoms with E-state index in [-0.39, 0.29) is 6.54 Å². The fraction of sp³-hybridized carbons (Fsp3) is 0.111. The lowest BCUT2D eigenvalue weighted by atomic mass is 10.3. The number of hydrogen-bond acceptors (Lipinski definition) is 1. The molecule has 0 bridgehead atoms. The summed E-state index contributed by atoms with van der Waals surface area (Å²) < 4.78 is 25.2. The highest BCUT2D eigenvalue weighted by Gasteiger charge is 2.01. The van der Waals surface area contributed by atoms with Crippen LogP contribution in [-0.4, -0.2) is 6.54 Å². The van der Waals surface area contributed by atoms with E-state index in [0.717, 1.165) is 12.1 Å². The van der Waals surface area contributed by atoms with E-state index >= 15 is 0 Å². The van der Waals surface area contributed by atoms with Crippen LogP contribution in [0.1, 0.15) is 0 Å². The molecule has 0 spiro atoms. The molecule has 0 fully saturated rings. The van der Waals surface area contributed by atoms with Gasteiger partial charge in [0.25, 0.3) is 0 Å². The summed E-state index contributed by atoms with van der Waals surface area (Å²) in [5.74, 6) is -1.78. The van der Waals surface area contributed by atoms with Crippen molar-refractivity contribution in [3.63, 3.8) is 0 Å². The molecule has 0 saturated carbocycles. The van der Waals surface area contributed by atoms with Crippen LogP contribution in [-0.2, 0) is 0 Å². The Morgan fingerprint density at radius 1 is 1.36 bits per heavy atom. The first-order valence-corrected chi connectivity index (χ1v) is 4.58. The van der Waals surface area contributed by atoms with Crippen LogP contribution >= 0.6 is 23.2 Å². The molecular formula is C9H7Cl2F2N. The molecule has 0 heterocycles. The monoisotopic (exact) mass is 237 g/mol. The standard InChI is InChI=1S/C9H7Cl2F2N/c10-4-6(11)5-14-7-1-2-8(12)9(13)3-7/h1-4,14H,5H2/b6-4-. The van der Waals surface area contributed by atoms with Crippen molar-refractivity contribution in [2.45, 2.75) is 0 Å². The summed E-state index contributed by atoms with van der Waals surface area (Å²) in [5, 5.41) is 3.16. The first kappa shape index (κ1) is 11.3. The molecule has 0 atom stereocenters. The van der Waals surface area contributed by atoms with E-state index < -0.39 is 11.6 Å². The van der Waals surface area contributed by atoms with Gasteiger partial charge < -0.3 is 5.32 Å². The summed E-state index contributed by atoms with van der Waals surface area (Å²) in [6.07, 6.45) is 0. The van der Waals surface area contributed by atoms with E-state index in [0.29, 0.717) is 10.7 Å². The summed E-state index contributed by atoms with van der Waals surface area (Å²) in [6.45, 7) is 0.274. The molecule has 1 rings (SSSR count). The summed E-state index contributed by atoms with van der Waals surface area (Å²) in [4.78, 5) is 0. The molecule has 1 aromatic rings. The van der Waals surface area contributed by atoms with Gasteiger partial charge in [0.2, 0.25) is 0 Å². The van der Waals surface area contributed by atoms with Crippen LogP contribution in [0.5, 0.6) is 0 Å². The molecule has 0 aliphatic carbocycles. The lowest BCUT2D eigenvalue weighted by Crippen LogP contribution is -2.01. The molecule has 5 heteroatoms. The molecule has 0 aliphatic heterocycles. The summed E-state index contributed by atoms with van der Waals surface area (Å²) in [7, 11) is 0. The molecular weight excluding hydrogens is 231 g/mol. The SMILES string of the molecule is Fc1ccc(NC/C(Cl)=C/Cl)cc1F. The molecule has 1 aromatic carbocycles. The number of halogens is 4. The first-order chi connectivity index (χ1) is 6.63. The minimum absolute atomic E-state index is 0.274. The molecule has 1 N–H and O–H groups in total. The molecule has 76 valence electrons. The van der Waals surface area contributed by atoms with Crippen LogP contribution in [0.4, 0.5) is 14.5 Å². The molecule has 0 amide bonds. The Bertz CT molecular complexity index is 353. The predicted octanol–water partition coefficient (Wildman–Crippen LogP) is 3.70. The lowest BCUT2D eigenvalue weighted by Gasteiger charge is -2.04. The topological polar surface area (TPSA) is 12.0 Å². The van der Waals surface area contributed by atoms with Gasteiger partial charge in [-0.05, 0) is 12.1 Å². The number of benzene rings is 1. The highest BCUT2D eigenvalue weighted by Crippen LogP contribution is 2.14. The van der Waals surface area contributed by atoms with Gasteiger partial charge in [-0.1, -0.05) is 23.2 Å². The van der Waals surface area contributed by atoms with Gasteiger partial charge in [0, 0.05) is 22.3 Å². The summed E-state index contributed by atoms with van der Waals surface area (Å²) in [6, 6.07) is 3.50. The van der Waals surface area contributed by atoms with Crippen molar-refractivity contribution in [2.24, 2.45) is 0 Å². The van der Waals surface area contributed by atoms with Crippen molar-refractivity contribution < 1.29 is 8.78 Å². The predicted molar refractivity (Wildman–Crippen MR) is 54.6 cm³/mol. The van der Waals surface area contributed by atoms with Gasteiger partial charge >= 0.3 is 0 Å². The van der Waals surface area contributed by atoms with Gasteiger partial charge in [-0.2, -0.15) is 0 Å². The minimum Gasteiger partial charge on any atom is -0.380 e. The Morgan fingerprint density at radius 2 is 2.07 bits per heavy atom. The van der Waals surface area contributed by atoms with Crippen LogP contribution < -0.4 is 5.32 Å². The molecule has 0 saturated heterocycles. The molecule has 0 radical (unpaired) electrons. The Labute approximate surface area is 90.3 Å². The molecule has 0 aliphatic rings. The van der Waals surface area contributed by atoms with Crippen LogP contribution in [0.3, 0.4) is 0 Å². The Hall–Kier alpha value is -0.800. The van der Waals surface area contributed by atoms with Crippen molar-refractivity contribution in [3.8, 4) is 0 Å². The maximum atomic E-state index is 12.7. The highest BCUT2D eigenvalue weighted by molar-refractivity contribution is 6.36. The Balaban J connectivity index is 2.64. The summed E-state index contributed by atoms with van der Waals surface area (Å²) in [5.41, 5.74) is 1.65. The third-order valence-corrected chi connectivity index (χ3v) is 2.12. The van der Waals surface area contributed by atoms with Crippen molar-refractivity contribution >= 4 is 28.9 Å². The van der Waals surface area contributed by atoms with Gasteiger partial charge in [-0.15, -0.1) is 0 Å². The average molecular weight is 238 g/mol. The Morgan fingerprint density at radius 3 is 2.64 bits per heavy atom. The van der Waals surface area contributed by atoms with Crippen molar-refractivity contribution in [2.75, 3.05) is 11.9 Å². The largest absolute Gasteiger partial charge is 0.380 e. The van der Waals surface area contributed by atoms with Crippen molar-refractivity contribution in [3.05, 3.63) is 40.4 Å². The quantitative estimate of drug-likeness (QED) is 0.846. The maximum absolute atomic E-state index is 12.7. The van der Waals surface area contributed by atoms with Crippen LogP contribution in [0, 0.1) is 11.6 Å². The molecule has 0 aromatic heterocycles. The second-order valence-electron chi connectivity index (χ2n) is 2.54. The highest BCUT2D eigenvalue weighted by atomic mass is 35.5. The van der Waals surface area contributed by atoms with E-state index in [1.807, 2.05) is 0 Å². The van der Waals surface area contributed by atoms with Crippen LogP contribution in [0.25, 0.3) is 0 Å². The lowest BCUT2D eigenvalue weighted by molar-refractivity contribution is 0.509. The zero-order valence-electron chi connectivity index (χ0n) is 7.03. The van der Waals surface area contributed by atoms with Gasteiger partial charge in [0.15, 0.2) is 11.6 Å². The van der Waals surface area contributed by atoms with Crippen molar-refractivity contribution in [1.29, 1.82) is 0 Å². The number of nitrogens with one attached hydrogen (secondary N) is 1. The minimum atomic E-state index is -0.902. The molecule has 1 nitrogen and oxygen atoms in total. The fourth-order valence-corrected chi connectivity index (χ4v) is 0.975. The van der Waals surface area contributed by atoms with Crippen LogP contribution in [0.2, 0.25) is 0 Å². The van der Waals surface area contributed by atoms with Crippen LogP contribution in [0.15, 0.2) is 28.8 Å². The molecule has 0 unspecified atom stereocenters. The zero-order chi connectivity index (χ0) is 10.6. The second-order valence-corrected chi connectivity index (χ2v) is 3.24. The average Bonchev–Trinajstić information content (AvgIpc) is 2.19. The van der Waals surface area contributed by atoms with Gasteiger partial charge in [0.1, 0.15) is 0 Å². The summed E-state index contributed by atoms with van der Waals surface area (Å²) >= 11 is 10.9. The third kappa shape index (κ3) is 3.16. The number of hydrogen-bond donors (Lipinski definition) is 1. The third-order valence-electron chi connectivity index (χ3n) is 1.50. The van der Waals surface area contributed by atoms with Gasteiger partial charge in [0.05, 0.1) is 6.54 Å². The number of anilines is 1. The van der Waals surface area contributed by atoms with E-state index in [1.165, 1.54) is 11.6 Å². The zero-order valence-corrected chi connectivity index (χ0v) is 8.54. The fourth-order valence-electron chi connectivity index (χ4n) is 0.831. The smallest absolute Gasteiger partial charge is 0.160 e. The molecule has 14 heavy (non-hydrogen) atoms. The second kappa shape index (κ2) is 5.17. The van der Waals surface area contributed by atoms with E-state index in [2.05, 4.69) is 5.32 Å². The van der Waals surface area contributed by atoms with Gasteiger partial charge in [-0.3, -0.25) is 0 Å². The normalized spacial score (nSPS) is 11.6. The number of rotatable bonds is 3. The van der Waals surface area contributed by atoms with E-state index in [1.54, 1.807) is 0 Å². The van der Waals surface area contributed by atoms with E-state index in [9.17, 15) is 8.78 Å². The first-order valence-electron chi connectivity index (χ1n) is 3.77. The van der Waals surface area contributed by atoms with E-state index in [4.69, 9.17) is 23.2 Å². The Kier molecular flexibility index (Phi) is 4.17.